The zero-order valence-electron chi connectivity index (χ0n) is 19.5. The second-order valence-electron chi connectivity index (χ2n) is 8.31. The lowest BCUT2D eigenvalue weighted by atomic mass is 10.0. The number of thioether (sulfide) groups is 1. The zero-order chi connectivity index (χ0) is 22.3. The van der Waals surface area contributed by atoms with Gasteiger partial charge in [0.05, 0.1) is 12.7 Å². The summed E-state index contributed by atoms with van der Waals surface area (Å²) in [6.07, 6.45) is 12.4. The molecule has 0 bridgehead atoms. The van der Waals surface area contributed by atoms with Gasteiger partial charge in [-0.1, -0.05) is 24.6 Å². The van der Waals surface area contributed by atoms with E-state index in [1.165, 1.54) is 25.7 Å². The Kier molecular flexibility index (Phi) is 10.7. The fourth-order valence-electron chi connectivity index (χ4n) is 3.96. The number of halogens is 1. The van der Waals surface area contributed by atoms with Gasteiger partial charge in [-0.15, -0.1) is 34.2 Å². The monoisotopic (exact) mass is 576 g/mol. The van der Waals surface area contributed by atoms with Gasteiger partial charge in [0.1, 0.15) is 11.4 Å². The predicted octanol–water partition coefficient (Wildman–Crippen LogP) is 2.86. The minimum absolute atomic E-state index is 0. The SMILES string of the molecule is CCNC(=NCC(C)(O)c1cnn(C)c1)NCCCc1nnc(SC)n1C1CCCC1.I. The van der Waals surface area contributed by atoms with Gasteiger partial charge in [-0.05, 0) is 39.4 Å². The molecule has 2 aromatic rings. The summed E-state index contributed by atoms with van der Waals surface area (Å²) in [5.41, 5.74) is -0.312. The number of guanidine groups is 1. The van der Waals surface area contributed by atoms with E-state index in [0.717, 1.165) is 42.5 Å². The predicted molar refractivity (Wildman–Crippen MR) is 140 cm³/mol. The number of aromatic nitrogens is 5. The van der Waals surface area contributed by atoms with Crippen molar-refractivity contribution in [1.82, 2.24) is 35.2 Å². The summed E-state index contributed by atoms with van der Waals surface area (Å²) >= 11 is 1.68. The van der Waals surface area contributed by atoms with Crippen LogP contribution in [0.25, 0.3) is 0 Å². The molecule has 2 heterocycles. The molecule has 1 aliphatic carbocycles. The molecule has 0 spiro atoms. The Morgan fingerprint density at radius 2 is 2.06 bits per heavy atom. The van der Waals surface area contributed by atoms with E-state index in [-0.39, 0.29) is 30.5 Å². The lowest BCUT2D eigenvalue weighted by molar-refractivity contribution is 0.0672. The summed E-state index contributed by atoms with van der Waals surface area (Å²) in [6.45, 7) is 5.57. The van der Waals surface area contributed by atoms with Crippen molar-refractivity contribution < 1.29 is 5.11 Å². The molecule has 1 saturated carbocycles. The number of aryl methyl sites for hydroxylation is 2. The van der Waals surface area contributed by atoms with E-state index >= 15 is 0 Å². The van der Waals surface area contributed by atoms with Crippen LogP contribution >= 0.6 is 35.7 Å². The number of nitrogens with zero attached hydrogens (tertiary/aromatic N) is 6. The standard InChI is InChI=1S/C21H36N8OS.HI/c1-5-22-19(24-15-21(2,30)16-13-25-28(3)14-16)23-12-8-11-18-26-27-20(31-4)29(18)17-9-6-7-10-17;/h13-14,17,30H,5-12,15H2,1-4H3,(H2,22,23,24);1H. The summed E-state index contributed by atoms with van der Waals surface area (Å²) < 4.78 is 4.05. The van der Waals surface area contributed by atoms with Crippen molar-refractivity contribution in [2.45, 2.75) is 69.2 Å². The largest absolute Gasteiger partial charge is 0.383 e. The number of nitrogens with one attached hydrogen (secondary N) is 2. The number of rotatable bonds is 10. The fourth-order valence-corrected chi connectivity index (χ4v) is 4.54. The molecule has 32 heavy (non-hydrogen) atoms. The van der Waals surface area contributed by atoms with Gasteiger partial charge in [-0.25, -0.2) is 4.99 Å². The van der Waals surface area contributed by atoms with Crippen molar-refractivity contribution >= 4 is 41.7 Å². The third-order valence-corrected chi connectivity index (χ3v) is 6.34. The van der Waals surface area contributed by atoms with Crippen LogP contribution in [0.1, 0.15) is 63.4 Å². The van der Waals surface area contributed by atoms with Gasteiger partial charge in [0.25, 0.3) is 0 Å². The summed E-state index contributed by atoms with van der Waals surface area (Å²) in [5.74, 6) is 1.79. The number of hydrogen-bond donors (Lipinski definition) is 3. The minimum Gasteiger partial charge on any atom is -0.383 e. The van der Waals surface area contributed by atoms with Gasteiger partial charge >= 0.3 is 0 Å². The summed E-state index contributed by atoms with van der Waals surface area (Å²) in [5, 5.41) is 31.4. The van der Waals surface area contributed by atoms with Gasteiger partial charge in [-0.2, -0.15) is 5.10 Å². The highest BCUT2D eigenvalue weighted by atomic mass is 127. The minimum atomic E-state index is -1.07. The van der Waals surface area contributed by atoms with Crippen LogP contribution in [-0.4, -0.2) is 61.5 Å². The number of aliphatic hydroxyl groups is 1. The molecule has 2 aromatic heterocycles. The van der Waals surface area contributed by atoms with Crippen LogP contribution in [0.15, 0.2) is 22.5 Å². The van der Waals surface area contributed by atoms with Crippen molar-refractivity contribution in [2.75, 3.05) is 25.9 Å². The third kappa shape index (κ3) is 7.08. The molecular formula is C21H37IN8OS. The van der Waals surface area contributed by atoms with Gasteiger partial charge < -0.3 is 20.3 Å². The normalized spacial score (nSPS) is 16.6. The first-order valence-electron chi connectivity index (χ1n) is 11.2. The van der Waals surface area contributed by atoms with Crippen molar-refractivity contribution in [3.63, 3.8) is 0 Å². The molecule has 1 atom stereocenters. The molecule has 0 radical (unpaired) electrons. The fraction of sp³-hybridized carbons (Fsp3) is 0.714. The Labute approximate surface area is 212 Å². The Morgan fingerprint density at radius 1 is 1.31 bits per heavy atom. The Hall–Kier alpha value is -1.34. The van der Waals surface area contributed by atoms with Gasteiger partial charge in [-0.3, -0.25) is 4.68 Å². The molecule has 1 unspecified atom stereocenters. The van der Waals surface area contributed by atoms with Crippen LogP contribution in [-0.2, 0) is 19.1 Å². The average molecular weight is 577 g/mol. The van der Waals surface area contributed by atoms with Gasteiger partial charge in [0.2, 0.25) is 0 Å². The van der Waals surface area contributed by atoms with Gasteiger partial charge in [0, 0.05) is 44.4 Å². The Morgan fingerprint density at radius 3 is 2.69 bits per heavy atom. The molecule has 3 N–H and O–H groups in total. The second-order valence-corrected chi connectivity index (χ2v) is 9.09. The highest BCUT2D eigenvalue weighted by Gasteiger charge is 2.25. The van der Waals surface area contributed by atoms with Crippen LogP contribution < -0.4 is 10.6 Å². The van der Waals surface area contributed by atoms with E-state index in [4.69, 9.17) is 0 Å². The van der Waals surface area contributed by atoms with Crippen LogP contribution in [0.5, 0.6) is 0 Å². The highest BCUT2D eigenvalue weighted by Crippen LogP contribution is 2.33. The lowest BCUT2D eigenvalue weighted by Crippen LogP contribution is -2.39. The van der Waals surface area contributed by atoms with E-state index in [2.05, 4.69) is 41.7 Å². The molecule has 0 aliphatic heterocycles. The zero-order valence-corrected chi connectivity index (χ0v) is 22.7. The van der Waals surface area contributed by atoms with Crippen LogP contribution in [0, 0.1) is 0 Å². The topological polar surface area (TPSA) is 105 Å². The van der Waals surface area contributed by atoms with E-state index in [0.29, 0.717) is 12.0 Å². The maximum Gasteiger partial charge on any atom is 0.191 e. The second kappa shape index (κ2) is 12.8. The lowest BCUT2D eigenvalue weighted by Gasteiger charge is -2.20. The van der Waals surface area contributed by atoms with E-state index in [9.17, 15) is 5.11 Å². The van der Waals surface area contributed by atoms with Crippen LogP contribution in [0.3, 0.4) is 0 Å². The van der Waals surface area contributed by atoms with Crippen molar-refractivity contribution in [3.8, 4) is 0 Å². The molecule has 1 fully saturated rings. The molecule has 9 nitrogen and oxygen atoms in total. The first-order chi connectivity index (χ1) is 14.9. The molecule has 11 heteroatoms. The highest BCUT2D eigenvalue weighted by molar-refractivity contribution is 14.0. The van der Waals surface area contributed by atoms with Crippen LogP contribution in [0.2, 0.25) is 0 Å². The average Bonchev–Trinajstić information content (AvgIpc) is 3.49. The van der Waals surface area contributed by atoms with E-state index in [1.807, 2.05) is 20.2 Å². The Balaban J connectivity index is 0.00000363. The summed E-state index contributed by atoms with van der Waals surface area (Å²) in [7, 11) is 1.84. The van der Waals surface area contributed by atoms with Crippen molar-refractivity contribution in [2.24, 2.45) is 12.0 Å². The molecule has 180 valence electrons. The third-order valence-electron chi connectivity index (χ3n) is 5.69. The smallest absolute Gasteiger partial charge is 0.191 e. The maximum absolute atomic E-state index is 10.8. The van der Waals surface area contributed by atoms with Crippen molar-refractivity contribution in [1.29, 1.82) is 0 Å². The van der Waals surface area contributed by atoms with Crippen molar-refractivity contribution in [3.05, 3.63) is 23.8 Å². The quantitative estimate of drug-likeness (QED) is 0.131. The molecule has 0 saturated heterocycles. The first kappa shape index (κ1) is 26.9. The molecular weight excluding hydrogens is 539 g/mol. The number of hydrogen-bond acceptors (Lipinski definition) is 6. The molecule has 3 rings (SSSR count). The van der Waals surface area contributed by atoms with Crippen LogP contribution in [0.4, 0.5) is 0 Å². The van der Waals surface area contributed by atoms with Gasteiger partial charge in [0.15, 0.2) is 11.1 Å². The molecule has 0 amide bonds. The first-order valence-corrected chi connectivity index (χ1v) is 12.4. The van der Waals surface area contributed by atoms with E-state index in [1.54, 1.807) is 29.6 Å². The summed E-state index contributed by atoms with van der Waals surface area (Å²) in [6, 6.07) is 0.550. The maximum atomic E-state index is 10.8. The summed E-state index contributed by atoms with van der Waals surface area (Å²) in [4.78, 5) is 4.58. The molecule has 1 aliphatic rings. The Bertz CT molecular complexity index is 860. The number of aliphatic imine (C=N–C) groups is 1. The van der Waals surface area contributed by atoms with E-state index < -0.39 is 5.60 Å². The molecule has 0 aromatic carbocycles.